The van der Waals surface area contributed by atoms with Crippen LogP contribution in [0.2, 0.25) is 0 Å². The van der Waals surface area contributed by atoms with Crippen LogP contribution in [0, 0.1) is 0 Å². The van der Waals surface area contributed by atoms with E-state index in [1.54, 1.807) is 11.3 Å². The monoisotopic (exact) mass is 553 g/mol. The Morgan fingerprint density at radius 1 is 0.854 bits per heavy atom. The second kappa shape index (κ2) is 11.2. The van der Waals surface area contributed by atoms with Gasteiger partial charge >= 0.3 is 0 Å². The Balaban J connectivity index is 1.22. The van der Waals surface area contributed by atoms with Gasteiger partial charge in [0.05, 0.1) is 17.2 Å². The molecule has 7 rings (SSSR count). The third-order valence-electron chi connectivity index (χ3n) is 7.93. The molecule has 0 amide bonds. The number of pyridine rings is 2. The summed E-state index contributed by atoms with van der Waals surface area (Å²) in [5.74, 6) is 1.36. The lowest BCUT2D eigenvalue weighted by molar-refractivity contribution is 0.691. The summed E-state index contributed by atoms with van der Waals surface area (Å²) in [5, 5.41) is 7.80. The molecule has 1 aliphatic carbocycles. The van der Waals surface area contributed by atoms with Crippen molar-refractivity contribution in [3.63, 3.8) is 0 Å². The van der Waals surface area contributed by atoms with Crippen molar-refractivity contribution in [3.05, 3.63) is 130 Å². The average Bonchev–Trinajstić information content (AvgIpc) is 3.67. The highest BCUT2D eigenvalue weighted by molar-refractivity contribution is 7.08. The van der Waals surface area contributed by atoms with Gasteiger partial charge in [-0.2, -0.15) is 11.3 Å². The molecule has 0 aliphatic heterocycles. The SMILES string of the molecule is C[C@@H]1CCC=C(c2nc3c(-c4ccsc4)cncc3[nH]2)c2cc(-c3cncc(CNCc4ccccc4)c3)ccc21. The van der Waals surface area contributed by atoms with Gasteiger partial charge in [0, 0.05) is 48.4 Å². The summed E-state index contributed by atoms with van der Waals surface area (Å²) in [6, 6.07) is 21.7. The summed E-state index contributed by atoms with van der Waals surface area (Å²) in [4.78, 5) is 17.8. The third kappa shape index (κ3) is 5.24. The number of benzene rings is 2. The molecule has 0 saturated carbocycles. The van der Waals surface area contributed by atoms with E-state index in [1.165, 1.54) is 22.3 Å². The van der Waals surface area contributed by atoms with E-state index < -0.39 is 0 Å². The second-order valence-electron chi connectivity index (χ2n) is 10.7. The Hall–Kier alpha value is -4.39. The number of aromatic nitrogens is 4. The number of fused-ring (bicyclic) bond motifs is 2. The van der Waals surface area contributed by atoms with Crippen LogP contribution in [0.5, 0.6) is 0 Å². The molecule has 1 aliphatic rings. The van der Waals surface area contributed by atoms with E-state index in [0.717, 1.165) is 70.6 Å². The molecule has 2 aromatic carbocycles. The second-order valence-corrected chi connectivity index (χ2v) is 11.5. The number of imidazole rings is 1. The number of allylic oxidation sites excluding steroid dienone is 1. The Labute approximate surface area is 244 Å². The van der Waals surface area contributed by atoms with Crippen LogP contribution in [0.15, 0.2) is 102 Å². The number of thiophene rings is 1. The maximum absolute atomic E-state index is 5.15. The predicted octanol–water partition coefficient (Wildman–Crippen LogP) is 8.37. The molecule has 1 atom stereocenters. The summed E-state index contributed by atoms with van der Waals surface area (Å²) in [6.45, 7) is 3.92. The van der Waals surface area contributed by atoms with Crippen molar-refractivity contribution in [2.75, 3.05) is 0 Å². The molecular formula is C35H31N5S. The molecule has 6 heteroatoms. The van der Waals surface area contributed by atoms with Crippen molar-refractivity contribution >= 4 is 27.9 Å². The van der Waals surface area contributed by atoms with E-state index in [4.69, 9.17) is 4.98 Å². The zero-order valence-electron chi connectivity index (χ0n) is 23.0. The molecular weight excluding hydrogens is 522 g/mol. The van der Waals surface area contributed by atoms with Crippen molar-refractivity contribution in [1.29, 1.82) is 0 Å². The number of nitrogens with one attached hydrogen (secondary N) is 2. The molecule has 41 heavy (non-hydrogen) atoms. The predicted molar refractivity (Wildman–Crippen MR) is 169 cm³/mol. The van der Waals surface area contributed by atoms with E-state index in [9.17, 15) is 0 Å². The normalized spacial score (nSPS) is 15.0. The van der Waals surface area contributed by atoms with Crippen LogP contribution in [0.4, 0.5) is 0 Å². The van der Waals surface area contributed by atoms with Crippen molar-refractivity contribution in [3.8, 4) is 22.3 Å². The zero-order chi connectivity index (χ0) is 27.6. The fraction of sp³-hybridized carbons (Fsp3) is 0.171. The standard InChI is InChI=1S/C35H31N5S/c1-23-6-5-9-30(35-39-33-21-38-20-32(34(33)40-35)27-12-13-41-22-27)31-15-26(10-11-29(23)31)28-14-25(18-37-19-28)17-36-16-24-7-3-2-4-8-24/h2-4,7-15,18-23,36H,5-6,16-17H2,1H3,(H,39,40)/t23-/m1/s1. The summed E-state index contributed by atoms with van der Waals surface area (Å²) in [7, 11) is 0. The molecule has 0 fully saturated rings. The maximum atomic E-state index is 5.15. The van der Waals surface area contributed by atoms with Crippen molar-refractivity contribution < 1.29 is 0 Å². The van der Waals surface area contributed by atoms with Gasteiger partial charge in [-0.05, 0) is 81.1 Å². The third-order valence-corrected chi connectivity index (χ3v) is 8.62. The van der Waals surface area contributed by atoms with Crippen LogP contribution >= 0.6 is 11.3 Å². The van der Waals surface area contributed by atoms with Crippen LogP contribution in [0.1, 0.15) is 53.8 Å². The van der Waals surface area contributed by atoms with Crippen LogP contribution in [0.3, 0.4) is 0 Å². The topological polar surface area (TPSA) is 66.5 Å². The van der Waals surface area contributed by atoms with E-state index in [0.29, 0.717) is 5.92 Å². The minimum Gasteiger partial charge on any atom is -0.337 e. The van der Waals surface area contributed by atoms with Gasteiger partial charge in [0.15, 0.2) is 0 Å². The number of nitrogens with zero attached hydrogens (tertiary/aromatic N) is 3. The first kappa shape index (κ1) is 25.6. The molecule has 5 nitrogen and oxygen atoms in total. The van der Waals surface area contributed by atoms with Gasteiger partial charge in [0.2, 0.25) is 0 Å². The molecule has 0 unspecified atom stereocenters. The number of hydrogen-bond donors (Lipinski definition) is 2. The molecule has 0 saturated heterocycles. The summed E-state index contributed by atoms with van der Waals surface area (Å²) in [6.07, 6.45) is 12.2. The van der Waals surface area contributed by atoms with Gasteiger partial charge in [-0.1, -0.05) is 55.5 Å². The van der Waals surface area contributed by atoms with E-state index in [1.807, 2.05) is 30.9 Å². The molecule has 6 aromatic rings. The van der Waals surface area contributed by atoms with E-state index >= 15 is 0 Å². The highest BCUT2D eigenvalue weighted by Crippen LogP contribution is 2.39. The van der Waals surface area contributed by atoms with Gasteiger partial charge < -0.3 is 10.3 Å². The van der Waals surface area contributed by atoms with Crippen molar-refractivity contribution in [2.45, 2.75) is 38.8 Å². The lowest BCUT2D eigenvalue weighted by Crippen LogP contribution is -2.12. The van der Waals surface area contributed by atoms with Crippen LogP contribution in [-0.4, -0.2) is 19.9 Å². The molecule has 0 spiro atoms. The molecule has 4 heterocycles. The fourth-order valence-electron chi connectivity index (χ4n) is 5.74. The molecule has 4 aromatic heterocycles. The van der Waals surface area contributed by atoms with Gasteiger partial charge in [0.25, 0.3) is 0 Å². The molecule has 0 radical (unpaired) electrons. The van der Waals surface area contributed by atoms with Gasteiger partial charge in [0.1, 0.15) is 5.82 Å². The highest BCUT2D eigenvalue weighted by Gasteiger charge is 2.22. The van der Waals surface area contributed by atoms with Crippen LogP contribution in [0.25, 0.3) is 38.9 Å². The first-order chi connectivity index (χ1) is 20.2. The maximum Gasteiger partial charge on any atom is 0.138 e. The highest BCUT2D eigenvalue weighted by atomic mass is 32.1. The molecule has 202 valence electrons. The Bertz CT molecular complexity index is 1840. The van der Waals surface area contributed by atoms with E-state index in [2.05, 4.69) is 98.6 Å². The minimum absolute atomic E-state index is 0.465. The quantitative estimate of drug-likeness (QED) is 0.208. The largest absolute Gasteiger partial charge is 0.337 e. The first-order valence-electron chi connectivity index (χ1n) is 14.1. The van der Waals surface area contributed by atoms with Gasteiger partial charge in [-0.3, -0.25) is 9.97 Å². The zero-order valence-corrected chi connectivity index (χ0v) is 23.8. The number of H-pyrrole nitrogens is 1. The summed E-state index contributed by atoms with van der Waals surface area (Å²) in [5.41, 5.74) is 12.6. The number of rotatable bonds is 7. The lowest BCUT2D eigenvalue weighted by Gasteiger charge is -2.16. The van der Waals surface area contributed by atoms with Crippen LogP contribution in [-0.2, 0) is 13.1 Å². The first-order valence-corrected chi connectivity index (χ1v) is 15.1. The Morgan fingerprint density at radius 2 is 1.73 bits per heavy atom. The Morgan fingerprint density at radius 3 is 2.61 bits per heavy atom. The lowest BCUT2D eigenvalue weighted by atomic mass is 9.89. The smallest absolute Gasteiger partial charge is 0.138 e. The number of aromatic amines is 1. The Kier molecular flexibility index (Phi) is 7.01. The van der Waals surface area contributed by atoms with Gasteiger partial charge in [-0.25, -0.2) is 4.98 Å². The van der Waals surface area contributed by atoms with Gasteiger partial charge in [-0.15, -0.1) is 0 Å². The summed E-state index contributed by atoms with van der Waals surface area (Å²) < 4.78 is 0. The molecule has 0 bridgehead atoms. The fourth-order valence-corrected chi connectivity index (χ4v) is 6.40. The van der Waals surface area contributed by atoms with Crippen LogP contribution < -0.4 is 5.32 Å². The van der Waals surface area contributed by atoms with Crippen molar-refractivity contribution in [1.82, 2.24) is 25.3 Å². The molecule has 2 N–H and O–H groups in total. The van der Waals surface area contributed by atoms with E-state index in [-0.39, 0.29) is 0 Å². The minimum atomic E-state index is 0.465. The summed E-state index contributed by atoms with van der Waals surface area (Å²) >= 11 is 1.69. The van der Waals surface area contributed by atoms with Crippen molar-refractivity contribution in [2.24, 2.45) is 0 Å². The average molecular weight is 554 g/mol. The number of hydrogen-bond acceptors (Lipinski definition) is 5.